The lowest BCUT2D eigenvalue weighted by Gasteiger charge is -2.27. The van der Waals surface area contributed by atoms with E-state index >= 15 is 0 Å². The van der Waals surface area contributed by atoms with Gasteiger partial charge in [-0.1, -0.05) is 0 Å². The third-order valence-electron chi connectivity index (χ3n) is 3.69. The van der Waals surface area contributed by atoms with E-state index in [2.05, 4.69) is 4.98 Å². The molecule has 3 rings (SSSR count). The van der Waals surface area contributed by atoms with Gasteiger partial charge in [-0.05, 0) is 24.1 Å². The summed E-state index contributed by atoms with van der Waals surface area (Å²) >= 11 is 1.35. The number of esters is 1. The maximum absolute atomic E-state index is 12.5. The number of rotatable bonds is 2. The van der Waals surface area contributed by atoms with Crippen molar-refractivity contribution in [1.82, 2.24) is 9.88 Å². The molecule has 1 aliphatic rings. The number of aromatic nitrogens is 1. The summed E-state index contributed by atoms with van der Waals surface area (Å²) in [7, 11) is 1.34. The number of nitrogens with zero attached hydrogens (tertiary/aromatic N) is 2. The van der Waals surface area contributed by atoms with E-state index < -0.39 is 5.97 Å². The average Bonchev–Trinajstić information content (AvgIpc) is 2.89. The van der Waals surface area contributed by atoms with Crippen molar-refractivity contribution >= 4 is 28.2 Å². The Labute approximate surface area is 131 Å². The smallest absolute Gasteiger partial charge is 0.341 e. The number of nitrogen functional groups attached to an aromatic ring is 1. The highest BCUT2D eigenvalue weighted by Crippen LogP contribution is 2.35. The van der Waals surface area contributed by atoms with Crippen LogP contribution >= 0.6 is 11.3 Å². The number of nitrogens with two attached hydrogens (primary N) is 1. The normalized spacial score (nSPS) is 13.6. The van der Waals surface area contributed by atoms with Crippen molar-refractivity contribution in [2.45, 2.75) is 13.0 Å². The van der Waals surface area contributed by atoms with Crippen LogP contribution in [0.3, 0.4) is 0 Å². The van der Waals surface area contributed by atoms with Gasteiger partial charge in [-0.15, -0.1) is 11.3 Å². The van der Waals surface area contributed by atoms with E-state index in [-0.39, 0.29) is 5.91 Å². The average molecular weight is 317 g/mol. The third kappa shape index (κ3) is 2.43. The van der Waals surface area contributed by atoms with Gasteiger partial charge in [-0.3, -0.25) is 9.78 Å². The molecule has 3 heterocycles. The van der Waals surface area contributed by atoms with E-state index in [1.165, 1.54) is 18.4 Å². The van der Waals surface area contributed by atoms with Gasteiger partial charge in [-0.25, -0.2) is 4.79 Å². The summed E-state index contributed by atoms with van der Waals surface area (Å²) < 4.78 is 4.79. The molecule has 2 aromatic rings. The number of thiophene rings is 1. The van der Waals surface area contributed by atoms with Crippen molar-refractivity contribution in [3.8, 4) is 0 Å². The number of carbonyl (C=O) groups is 2. The van der Waals surface area contributed by atoms with Crippen LogP contribution in [0.15, 0.2) is 24.5 Å². The summed E-state index contributed by atoms with van der Waals surface area (Å²) in [5, 5.41) is 0.454. The number of hydrogen-bond acceptors (Lipinski definition) is 6. The highest BCUT2D eigenvalue weighted by Gasteiger charge is 2.29. The fourth-order valence-electron chi connectivity index (χ4n) is 2.60. The molecule has 6 nitrogen and oxygen atoms in total. The van der Waals surface area contributed by atoms with Crippen LogP contribution in [0.1, 0.15) is 31.2 Å². The van der Waals surface area contributed by atoms with Gasteiger partial charge in [0.15, 0.2) is 0 Å². The number of hydrogen-bond donors (Lipinski definition) is 1. The van der Waals surface area contributed by atoms with Gasteiger partial charge in [-0.2, -0.15) is 0 Å². The zero-order chi connectivity index (χ0) is 15.7. The van der Waals surface area contributed by atoms with Gasteiger partial charge in [0.2, 0.25) is 0 Å². The standard InChI is InChI=1S/C15H15N3O3S/c1-21-15(20)12-10-4-7-18(8-11(10)22-13(12)16)14(19)9-2-5-17-6-3-9/h2-3,5-6H,4,7-8,16H2,1H3. The molecule has 0 aromatic carbocycles. The quantitative estimate of drug-likeness (QED) is 0.852. The van der Waals surface area contributed by atoms with Gasteiger partial charge in [0, 0.05) is 29.4 Å². The lowest BCUT2D eigenvalue weighted by Crippen LogP contribution is -2.35. The Morgan fingerprint density at radius 3 is 2.77 bits per heavy atom. The number of amides is 1. The lowest BCUT2D eigenvalue weighted by atomic mass is 10.0. The first kappa shape index (κ1) is 14.5. The molecular weight excluding hydrogens is 302 g/mol. The van der Waals surface area contributed by atoms with E-state index in [0.29, 0.717) is 35.6 Å². The van der Waals surface area contributed by atoms with E-state index in [0.717, 1.165) is 10.4 Å². The molecule has 0 radical (unpaired) electrons. The zero-order valence-corrected chi connectivity index (χ0v) is 12.9. The molecule has 0 atom stereocenters. The molecule has 114 valence electrons. The number of methoxy groups -OCH3 is 1. The van der Waals surface area contributed by atoms with E-state index in [4.69, 9.17) is 10.5 Å². The molecule has 0 spiro atoms. The fourth-order valence-corrected chi connectivity index (χ4v) is 3.72. The van der Waals surface area contributed by atoms with E-state index in [9.17, 15) is 9.59 Å². The highest BCUT2D eigenvalue weighted by molar-refractivity contribution is 7.16. The zero-order valence-electron chi connectivity index (χ0n) is 12.0. The summed E-state index contributed by atoms with van der Waals surface area (Å²) in [5.41, 5.74) is 7.91. The van der Waals surface area contributed by atoms with Crippen molar-refractivity contribution in [3.05, 3.63) is 46.1 Å². The Hall–Kier alpha value is -2.41. The first-order valence-electron chi connectivity index (χ1n) is 6.79. The monoisotopic (exact) mass is 317 g/mol. The molecule has 0 aliphatic carbocycles. The molecule has 0 bridgehead atoms. The van der Waals surface area contributed by atoms with Gasteiger partial charge in [0.25, 0.3) is 5.91 Å². The molecule has 22 heavy (non-hydrogen) atoms. The van der Waals surface area contributed by atoms with Crippen molar-refractivity contribution < 1.29 is 14.3 Å². The molecule has 0 saturated carbocycles. The van der Waals surface area contributed by atoms with Crippen molar-refractivity contribution in [3.63, 3.8) is 0 Å². The summed E-state index contributed by atoms with van der Waals surface area (Å²) in [6, 6.07) is 3.39. The van der Waals surface area contributed by atoms with E-state index in [1.807, 2.05) is 0 Å². The SMILES string of the molecule is COC(=O)c1c(N)sc2c1CCN(C(=O)c1ccncc1)C2. The molecule has 0 saturated heterocycles. The second kappa shape index (κ2) is 5.76. The van der Waals surface area contributed by atoms with Crippen LogP contribution in [0.4, 0.5) is 5.00 Å². The van der Waals surface area contributed by atoms with Crippen LogP contribution in [0.25, 0.3) is 0 Å². The van der Waals surface area contributed by atoms with Gasteiger partial charge in [0.1, 0.15) is 5.00 Å². The van der Waals surface area contributed by atoms with Crippen molar-refractivity contribution in [2.24, 2.45) is 0 Å². The largest absolute Gasteiger partial charge is 0.465 e. The topological polar surface area (TPSA) is 85.5 Å². The molecule has 1 amide bonds. The molecule has 2 N–H and O–H groups in total. The maximum atomic E-state index is 12.5. The van der Waals surface area contributed by atoms with E-state index in [1.54, 1.807) is 29.4 Å². The predicted octanol–water partition coefficient (Wildman–Crippen LogP) is 1.71. The van der Waals surface area contributed by atoms with Crippen LogP contribution in [0.2, 0.25) is 0 Å². The summed E-state index contributed by atoms with van der Waals surface area (Å²) in [6.45, 7) is 1.01. The second-order valence-electron chi connectivity index (χ2n) is 4.95. The Balaban J connectivity index is 1.86. The summed E-state index contributed by atoms with van der Waals surface area (Å²) in [5.74, 6) is -0.455. The summed E-state index contributed by atoms with van der Waals surface area (Å²) in [4.78, 5) is 30.9. The number of ether oxygens (including phenoxy) is 1. The molecular formula is C15H15N3O3S. The predicted molar refractivity (Wildman–Crippen MR) is 82.8 cm³/mol. The fraction of sp³-hybridized carbons (Fsp3) is 0.267. The Bertz CT molecular complexity index is 727. The van der Waals surface area contributed by atoms with Gasteiger partial charge >= 0.3 is 5.97 Å². The first-order chi connectivity index (χ1) is 10.6. The minimum Gasteiger partial charge on any atom is -0.465 e. The molecule has 1 aliphatic heterocycles. The molecule has 0 unspecified atom stereocenters. The van der Waals surface area contributed by atoms with Crippen LogP contribution in [-0.2, 0) is 17.7 Å². The molecule has 0 fully saturated rings. The Morgan fingerprint density at radius 2 is 2.09 bits per heavy atom. The Morgan fingerprint density at radius 1 is 1.36 bits per heavy atom. The van der Waals surface area contributed by atoms with Crippen molar-refractivity contribution in [1.29, 1.82) is 0 Å². The minimum atomic E-state index is -0.413. The number of carbonyl (C=O) groups excluding carboxylic acids is 2. The number of anilines is 1. The van der Waals surface area contributed by atoms with Gasteiger partial charge in [0.05, 0.1) is 19.2 Å². The Kier molecular flexibility index (Phi) is 3.81. The third-order valence-corrected chi connectivity index (χ3v) is 4.73. The minimum absolute atomic E-state index is 0.0420. The van der Waals surface area contributed by atoms with Crippen molar-refractivity contribution in [2.75, 3.05) is 19.4 Å². The lowest BCUT2D eigenvalue weighted by molar-refractivity contribution is 0.0600. The maximum Gasteiger partial charge on any atom is 0.341 e. The van der Waals surface area contributed by atoms with Gasteiger partial charge < -0.3 is 15.4 Å². The van der Waals surface area contributed by atoms with Crippen LogP contribution in [-0.4, -0.2) is 35.4 Å². The molecule has 7 heteroatoms. The van der Waals surface area contributed by atoms with Crippen LogP contribution in [0, 0.1) is 0 Å². The number of pyridine rings is 1. The highest BCUT2D eigenvalue weighted by atomic mass is 32.1. The number of fused-ring (bicyclic) bond motifs is 1. The first-order valence-corrected chi connectivity index (χ1v) is 7.61. The molecule has 2 aromatic heterocycles. The van der Waals surface area contributed by atoms with Crippen LogP contribution < -0.4 is 5.73 Å². The summed E-state index contributed by atoms with van der Waals surface area (Å²) in [6.07, 6.45) is 3.80. The van der Waals surface area contributed by atoms with Crippen LogP contribution in [0.5, 0.6) is 0 Å². The second-order valence-corrected chi connectivity index (χ2v) is 6.08.